The van der Waals surface area contributed by atoms with Crippen LogP contribution in [-0.2, 0) is 6.54 Å². The molecule has 1 aromatic carbocycles. The van der Waals surface area contributed by atoms with E-state index in [4.69, 9.17) is 10.2 Å². The first-order chi connectivity index (χ1) is 12.3. The summed E-state index contributed by atoms with van der Waals surface area (Å²) in [4.78, 5) is 11.5. The monoisotopic (exact) mass is 349 g/mol. The zero-order valence-corrected chi connectivity index (χ0v) is 14.7. The maximum absolute atomic E-state index is 8.81. The predicted octanol–water partition coefficient (Wildman–Crippen LogP) is 3.50. The SMILES string of the molecule is N#Cc1ccc(NC[C@H]2CCN(Cc3nc4ccccc4s3)C2)nc1. The molecule has 1 N–H and O–H groups in total. The van der Waals surface area contributed by atoms with Crippen LogP contribution >= 0.6 is 11.3 Å². The fourth-order valence-corrected chi connectivity index (χ4v) is 4.23. The standard InChI is InChI=1S/C19H19N5S/c20-9-14-5-6-18(21-10-14)22-11-15-7-8-24(12-15)13-19-23-16-3-1-2-4-17(16)25-19/h1-6,10,15H,7-8,11-13H2,(H,21,22)/t15-/m1/s1. The number of hydrogen-bond donors (Lipinski definition) is 1. The lowest BCUT2D eigenvalue weighted by Gasteiger charge is -2.15. The summed E-state index contributed by atoms with van der Waals surface area (Å²) in [6, 6.07) is 14.1. The minimum Gasteiger partial charge on any atom is -0.370 e. The molecule has 1 aliphatic heterocycles. The molecule has 0 spiro atoms. The molecule has 0 amide bonds. The van der Waals surface area contributed by atoms with Crippen LogP contribution in [0.3, 0.4) is 0 Å². The maximum Gasteiger partial charge on any atom is 0.125 e. The largest absolute Gasteiger partial charge is 0.370 e. The van der Waals surface area contributed by atoms with Gasteiger partial charge in [0.1, 0.15) is 16.9 Å². The predicted molar refractivity (Wildman–Crippen MR) is 100 cm³/mol. The Bertz CT molecular complexity index is 863. The topological polar surface area (TPSA) is 64.8 Å². The van der Waals surface area contributed by atoms with Crippen LogP contribution in [0, 0.1) is 17.2 Å². The van der Waals surface area contributed by atoms with E-state index in [1.54, 1.807) is 23.6 Å². The summed E-state index contributed by atoms with van der Waals surface area (Å²) < 4.78 is 1.27. The number of nitriles is 1. The molecule has 0 bridgehead atoms. The van der Waals surface area contributed by atoms with Crippen LogP contribution in [-0.4, -0.2) is 34.5 Å². The Morgan fingerprint density at radius 1 is 1.28 bits per heavy atom. The van der Waals surface area contributed by atoms with Crippen molar-refractivity contribution in [3.05, 3.63) is 53.2 Å². The first-order valence-corrected chi connectivity index (χ1v) is 9.28. The van der Waals surface area contributed by atoms with Gasteiger partial charge in [-0.2, -0.15) is 5.26 Å². The molecule has 3 aromatic rings. The lowest BCUT2D eigenvalue weighted by Crippen LogP contribution is -2.22. The van der Waals surface area contributed by atoms with E-state index in [9.17, 15) is 0 Å². The van der Waals surface area contributed by atoms with Crippen molar-refractivity contribution in [3.8, 4) is 6.07 Å². The molecule has 25 heavy (non-hydrogen) atoms. The van der Waals surface area contributed by atoms with Gasteiger partial charge in [0, 0.05) is 19.3 Å². The molecule has 0 unspecified atom stereocenters. The number of aromatic nitrogens is 2. The van der Waals surface area contributed by atoms with Crippen LogP contribution in [0.4, 0.5) is 5.82 Å². The van der Waals surface area contributed by atoms with Crippen molar-refractivity contribution < 1.29 is 0 Å². The van der Waals surface area contributed by atoms with Gasteiger partial charge in [0.25, 0.3) is 0 Å². The number of pyridine rings is 1. The van der Waals surface area contributed by atoms with Crippen LogP contribution < -0.4 is 5.32 Å². The van der Waals surface area contributed by atoms with E-state index in [1.807, 2.05) is 12.1 Å². The van der Waals surface area contributed by atoms with Crippen LogP contribution in [0.1, 0.15) is 17.0 Å². The van der Waals surface area contributed by atoms with Gasteiger partial charge in [0.05, 0.1) is 22.3 Å². The molecule has 2 aromatic heterocycles. The van der Waals surface area contributed by atoms with Gasteiger partial charge in [-0.15, -0.1) is 11.3 Å². The summed E-state index contributed by atoms with van der Waals surface area (Å²) in [7, 11) is 0. The summed E-state index contributed by atoms with van der Waals surface area (Å²) in [6.07, 6.45) is 2.80. The van der Waals surface area contributed by atoms with Crippen LogP contribution in [0.5, 0.6) is 0 Å². The third kappa shape index (κ3) is 3.78. The van der Waals surface area contributed by atoms with E-state index in [0.29, 0.717) is 11.5 Å². The second-order valence-electron chi connectivity index (χ2n) is 6.39. The molecule has 5 nitrogen and oxygen atoms in total. The Morgan fingerprint density at radius 3 is 3.00 bits per heavy atom. The van der Waals surface area contributed by atoms with Gasteiger partial charge in [-0.05, 0) is 43.1 Å². The van der Waals surface area contributed by atoms with Crippen LogP contribution in [0.2, 0.25) is 0 Å². The van der Waals surface area contributed by atoms with E-state index in [-0.39, 0.29) is 0 Å². The molecule has 1 aliphatic rings. The van der Waals surface area contributed by atoms with E-state index in [1.165, 1.54) is 16.1 Å². The third-order valence-electron chi connectivity index (χ3n) is 4.53. The quantitative estimate of drug-likeness (QED) is 0.764. The Balaban J connectivity index is 1.29. The van der Waals surface area contributed by atoms with Crippen molar-refractivity contribution in [2.45, 2.75) is 13.0 Å². The first kappa shape index (κ1) is 16.0. The summed E-state index contributed by atoms with van der Waals surface area (Å²) >= 11 is 1.79. The molecule has 126 valence electrons. The average molecular weight is 349 g/mol. The highest BCUT2D eigenvalue weighted by atomic mass is 32.1. The minimum atomic E-state index is 0.591. The normalized spacial score (nSPS) is 17.6. The van der Waals surface area contributed by atoms with Gasteiger partial charge in [-0.1, -0.05) is 12.1 Å². The maximum atomic E-state index is 8.81. The fourth-order valence-electron chi connectivity index (χ4n) is 3.22. The molecule has 3 heterocycles. The summed E-state index contributed by atoms with van der Waals surface area (Å²) in [5.41, 5.74) is 1.69. The molecule has 0 radical (unpaired) electrons. The van der Waals surface area contributed by atoms with Gasteiger partial charge in [-0.25, -0.2) is 9.97 Å². The fraction of sp³-hybridized carbons (Fsp3) is 0.316. The minimum absolute atomic E-state index is 0.591. The smallest absolute Gasteiger partial charge is 0.125 e. The zero-order chi connectivity index (χ0) is 17.1. The van der Waals surface area contributed by atoms with Gasteiger partial charge >= 0.3 is 0 Å². The molecule has 1 fully saturated rings. The Morgan fingerprint density at radius 2 is 2.20 bits per heavy atom. The lowest BCUT2D eigenvalue weighted by atomic mass is 10.1. The summed E-state index contributed by atoms with van der Waals surface area (Å²) in [5.74, 6) is 1.45. The van der Waals surface area contributed by atoms with Gasteiger partial charge in [0.15, 0.2) is 0 Å². The number of thiazole rings is 1. The molecule has 1 atom stereocenters. The lowest BCUT2D eigenvalue weighted by molar-refractivity contribution is 0.318. The molecule has 6 heteroatoms. The molecular formula is C19H19N5S. The van der Waals surface area contributed by atoms with E-state index in [2.05, 4.69) is 39.5 Å². The average Bonchev–Trinajstić information content (AvgIpc) is 3.26. The van der Waals surface area contributed by atoms with Crippen molar-refractivity contribution in [3.63, 3.8) is 0 Å². The van der Waals surface area contributed by atoms with Crippen LogP contribution in [0.15, 0.2) is 42.6 Å². The highest BCUT2D eigenvalue weighted by Crippen LogP contribution is 2.25. The number of nitrogens with one attached hydrogen (secondary N) is 1. The van der Waals surface area contributed by atoms with E-state index in [0.717, 1.165) is 37.5 Å². The molecule has 4 rings (SSSR count). The van der Waals surface area contributed by atoms with Crippen molar-refractivity contribution in [2.24, 2.45) is 5.92 Å². The number of fused-ring (bicyclic) bond motifs is 1. The first-order valence-electron chi connectivity index (χ1n) is 8.47. The van der Waals surface area contributed by atoms with Crippen molar-refractivity contribution in [1.29, 1.82) is 5.26 Å². The van der Waals surface area contributed by atoms with Gasteiger partial charge in [-0.3, -0.25) is 4.90 Å². The zero-order valence-electron chi connectivity index (χ0n) is 13.9. The summed E-state index contributed by atoms with van der Waals surface area (Å²) in [5, 5.41) is 13.4. The second-order valence-corrected chi connectivity index (χ2v) is 7.51. The number of likely N-dealkylation sites (tertiary alicyclic amines) is 1. The third-order valence-corrected chi connectivity index (χ3v) is 5.55. The molecule has 1 saturated heterocycles. The van der Waals surface area contributed by atoms with Gasteiger partial charge < -0.3 is 5.32 Å². The highest BCUT2D eigenvalue weighted by molar-refractivity contribution is 7.18. The number of benzene rings is 1. The molecular weight excluding hydrogens is 330 g/mol. The van der Waals surface area contributed by atoms with Crippen molar-refractivity contribution in [1.82, 2.24) is 14.9 Å². The Labute approximate surface area is 151 Å². The molecule has 0 aliphatic carbocycles. The molecule has 0 saturated carbocycles. The number of anilines is 1. The van der Waals surface area contributed by atoms with Crippen molar-refractivity contribution >= 4 is 27.4 Å². The summed E-state index contributed by atoms with van der Waals surface area (Å²) in [6.45, 7) is 4.04. The number of nitrogens with zero attached hydrogens (tertiary/aromatic N) is 4. The van der Waals surface area contributed by atoms with E-state index >= 15 is 0 Å². The second kappa shape index (κ2) is 7.18. The Kier molecular flexibility index (Phi) is 4.59. The Hall–Kier alpha value is -2.49. The number of para-hydroxylation sites is 1. The van der Waals surface area contributed by atoms with Gasteiger partial charge in [0.2, 0.25) is 0 Å². The number of rotatable bonds is 5. The van der Waals surface area contributed by atoms with Crippen LogP contribution in [0.25, 0.3) is 10.2 Å². The highest BCUT2D eigenvalue weighted by Gasteiger charge is 2.23. The number of hydrogen-bond acceptors (Lipinski definition) is 6. The van der Waals surface area contributed by atoms with E-state index < -0.39 is 0 Å². The van der Waals surface area contributed by atoms with Crippen molar-refractivity contribution in [2.75, 3.05) is 25.0 Å².